The van der Waals surface area contributed by atoms with E-state index >= 15 is 0 Å². The minimum atomic E-state index is 0.312. The van der Waals surface area contributed by atoms with Crippen LogP contribution in [-0.4, -0.2) is 16.3 Å². The highest BCUT2D eigenvalue weighted by Gasteiger charge is 2.20. The van der Waals surface area contributed by atoms with Crippen LogP contribution in [0.2, 0.25) is 5.02 Å². The number of thiophene rings is 1. The third kappa shape index (κ3) is 3.68. The minimum Gasteiger partial charge on any atom is -0.309 e. The first-order chi connectivity index (χ1) is 10.1. The standard InChI is InChI=1S/C16H24ClN3S/c1-5-8-18-13(16-12(6-2)7-9-21-16)10-14-15(17)11(3)19-20(14)4/h7,9,13,18H,5-6,8,10H2,1-4H3. The van der Waals surface area contributed by atoms with Crippen LogP contribution in [0.1, 0.15) is 48.1 Å². The first-order valence-corrected chi connectivity index (χ1v) is 8.81. The van der Waals surface area contributed by atoms with Gasteiger partial charge in [0.05, 0.1) is 16.4 Å². The van der Waals surface area contributed by atoms with Crippen molar-refractivity contribution in [2.45, 2.75) is 46.1 Å². The summed E-state index contributed by atoms with van der Waals surface area (Å²) < 4.78 is 1.91. The zero-order valence-corrected chi connectivity index (χ0v) is 14.8. The van der Waals surface area contributed by atoms with Gasteiger partial charge in [-0.05, 0) is 43.3 Å². The fraction of sp³-hybridized carbons (Fsp3) is 0.562. The predicted octanol–water partition coefficient (Wildman–Crippen LogP) is 4.29. The van der Waals surface area contributed by atoms with Gasteiger partial charge in [-0.15, -0.1) is 11.3 Å². The first kappa shape index (κ1) is 16.5. The fourth-order valence-corrected chi connectivity index (χ4v) is 3.93. The summed E-state index contributed by atoms with van der Waals surface area (Å²) in [5.41, 5.74) is 3.45. The second-order valence-electron chi connectivity index (χ2n) is 5.34. The van der Waals surface area contributed by atoms with Gasteiger partial charge in [-0.1, -0.05) is 25.4 Å². The second kappa shape index (κ2) is 7.43. The molecule has 5 heteroatoms. The summed E-state index contributed by atoms with van der Waals surface area (Å²) in [5.74, 6) is 0. The van der Waals surface area contributed by atoms with E-state index in [1.165, 1.54) is 10.4 Å². The lowest BCUT2D eigenvalue weighted by Crippen LogP contribution is -2.25. The van der Waals surface area contributed by atoms with E-state index in [-0.39, 0.29) is 0 Å². The van der Waals surface area contributed by atoms with Crippen LogP contribution in [0.4, 0.5) is 0 Å². The first-order valence-electron chi connectivity index (χ1n) is 7.56. The van der Waals surface area contributed by atoms with Gasteiger partial charge >= 0.3 is 0 Å². The Labute approximate surface area is 136 Å². The van der Waals surface area contributed by atoms with E-state index in [9.17, 15) is 0 Å². The highest BCUT2D eigenvalue weighted by Crippen LogP contribution is 2.30. The average molecular weight is 326 g/mol. The topological polar surface area (TPSA) is 29.9 Å². The summed E-state index contributed by atoms with van der Waals surface area (Å²) in [7, 11) is 1.97. The zero-order valence-electron chi connectivity index (χ0n) is 13.2. The summed E-state index contributed by atoms with van der Waals surface area (Å²) in [6, 6.07) is 2.55. The van der Waals surface area contributed by atoms with Gasteiger partial charge in [0, 0.05) is 24.4 Å². The van der Waals surface area contributed by atoms with Gasteiger partial charge in [0.1, 0.15) is 0 Å². The fourth-order valence-electron chi connectivity index (χ4n) is 2.62. The summed E-state index contributed by atoms with van der Waals surface area (Å²) in [6.45, 7) is 7.38. The SMILES string of the molecule is CCCNC(Cc1c(Cl)c(C)nn1C)c1sccc1CC. The van der Waals surface area contributed by atoms with Crippen LogP contribution < -0.4 is 5.32 Å². The van der Waals surface area contributed by atoms with Gasteiger partial charge in [0.2, 0.25) is 0 Å². The summed E-state index contributed by atoms with van der Waals surface area (Å²) >= 11 is 8.25. The molecule has 2 aromatic heterocycles. The maximum Gasteiger partial charge on any atom is 0.0847 e. The highest BCUT2D eigenvalue weighted by molar-refractivity contribution is 7.10. The van der Waals surface area contributed by atoms with Crippen molar-refractivity contribution < 1.29 is 0 Å². The molecule has 0 aliphatic carbocycles. The van der Waals surface area contributed by atoms with Crippen LogP contribution in [-0.2, 0) is 19.9 Å². The van der Waals surface area contributed by atoms with Crippen LogP contribution in [0.25, 0.3) is 0 Å². The number of hydrogen-bond donors (Lipinski definition) is 1. The normalized spacial score (nSPS) is 12.8. The number of aromatic nitrogens is 2. The largest absolute Gasteiger partial charge is 0.309 e. The molecule has 0 aromatic carbocycles. The number of aryl methyl sites for hydroxylation is 3. The lowest BCUT2D eigenvalue weighted by Gasteiger charge is -2.19. The van der Waals surface area contributed by atoms with Crippen molar-refractivity contribution in [2.24, 2.45) is 7.05 Å². The van der Waals surface area contributed by atoms with Crippen LogP contribution in [0, 0.1) is 6.92 Å². The maximum atomic E-state index is 6.42. The van der Waals surface area contributed by atoms with E-state index in [1.54, 1.807) is 0 Å². The van der Waals surface area contributed by atoms with Crippen molar-refractivity contribution in [2.75, 3.05) is 6.54 Å². The van der Waals surface area contributed by atoms with E-state index in [2.05, 4.69) is 35.7 Å². The second-order valence-corrected chi connectivity index (χ2v) is 6.67. The van der Waals surface area contributed by atoms with Crippen LogP contribution in [0.15, 0.2) is 11.4 Å². The Kier molecular flexibility index (Phi) is 5.85. The molecule has 1 atom stereocenters. The zero-order chi connectivity index (χ0) is 15.4. The minimum absolute atomic E-state index is 0.312. The van der Waals surface area contributed by atoms with E-state index < -0.39 is 0 Å². The molecule has 0 amide bonds. The van der Waals surface area contributed by atoms with Gasteiger partial charge < -0.3 is 5.32 Å². The monoisotopic (exact) mass is 325 g/mol. The number of nitrogens with zero attached hydrogens (tertiary/aromatic N) is 2. The summed E-state index contributed by atoms with van der Waals surface area (Å²) in [4.78, 5) is 1.43. The molecule has 2 heterocycles. The van der Waals surface area contributed by atoms with E-state index in [0.717, 1.165) is 42.2 Å². The Morgan fingerprint density at radius 1 is 1.43 bits per heavy atom. The molecule has 2 aromatic rings. The van der Waals surface area contributed by atoms with Gasteiger partial charge in [-0.3, -0.25) is 4.68 Å². The highest BCUT2D eigenvalue weighted by atomic mass is 35.5. The Hall–Kier alpha value is -0.840. The van der Waals surface area contributed by atoms with Crippen molar-refractivity contribution in [1.82, 2.24) is 15.1 Å². The average Bonchev–Trinajstić information content (AvgIpc) is 3.02. The molecule has 1 N–H and O–H groups in total. The van der Waals surface area contributed by atoms with Crippen molar-refractivity contribution in [3.63, 3.8) is 0 Å². The quantitative estimate of drug-likeness (QED) is 0.823. The van der Waals surface area contributed by atoms with E-state index in [1.807, 2.05) is 30.0 Å². The van der Waals surface area contributed by atoms with Gasteiger partial charge in [-0.2, -0.15) is 5.10 Å². The molecular formula is C16H24ClN3S. The summed E-state index contributed by atoms with van der Waals surface area (Å²) in [5, 5.41) is 11.1. The molecular weight excluding hydrogens is 302 g/mol. The molecule has 0 bridgehead atoms. The van der Waals surface area contributed by atoms with Crippen LogP contribution >= 0.6 is 22.9 Å². The third-order valence-electron chi connectivity index (χ3n) is 3.78. The Morgan fingerprint density at radius 3 is 2.76 bits per heavy atom. The number of halogens is 1. The van der Waals surface area contributed by atoms with Crippen LogP contribution in [0.3, 0.4) is 0 Å². The van der Waals surface area contributed by atoms with Crippen LogP contribution in [0.5, 0.6) is 0 Å². The van der Waals surface area contributed by atoms with Crippen molar-refractivity contribution in [1.29, 1.82) is 0 Å². The van der Waals surface area contributed by atoms with Gasteiger partial charge in [0.15, 0.2) is 0 Å². The number of nitrogens with one attached hydrogen (secondary N) is 1. The smallest absolute Gasteiger partial charge is 0.0847 e. The molecule has 3 nitrogen and oxygen atoms in total. The lowest BCUT2D eigenvalue weighted by atomic mass is 10.0. The Morgan fingerprint density at radius 2 is 2.19 bits per heavy atom. The van der Waals surface area contributed by atoms with Gasteiger partial charge in [-0.25, -0.2) is 0 Å². The van der Waals surface area contributed by atoms with E-state index in [0.29, 0.717) is 6.04 Å². The molecule has 0 radical (unpaired) electrons. The van der Waals surface area contributed by atoms with E-state index in [4.69, 9.17) is 11.6 Å². The predicted molar refractivity (Wildman–Crippen MR) is 91.4 cm³/mol. The Balaban J connectivity index is 2.28. The molecule has 2 rings (SSSR count). The third-order valence-corrected chi connectivity index (χ3v) is 5.34. The molecule has 0 fully saturated rings. The number of hydrogen-bond acceptors (Lipinski definition) is 3. The summed E-state index contributed by atoms with van der Waals surface area (Å²) in [6.07, 6.45) is 3.08. The molecule has 116 valence electrons. The van der Waals surface area contributed by atoms with Crippen molar-refractivity contribution in [3.8, 4) is 0 Å². The molecule has 0 saturated heterocycles. The maximum absolute atomic E-state index is 6.42. The molecule has 0 spiro atoms. The Bertz CT molecular complexity index is 588. The van der Waals surface area contributed by atoms with Crippen molar-refractivity contribution >= 4 is 22.9 Å². The lowest BCUT2D eigenvalue weighted by molar-refractivity contribution is 0.516. The van der Waals surface area contributed by atoms with Crippen molar-refractivity contribution in [3.05, 3.63) is 38.3 Å². The van der Waals surface area contributed by atoms with Gasteiger partial charge in [0.25, 0.3) is 0 Å². The molecule has 0 saturated carbocycles. The number of rotatable bonds is 7. The molecule has 0 aliphatic rings. The molecule has 0 aliphatic heterocycles. The molecule has 1 unspecified atom stereocenters. The molecule has 21 heavy (non-hydrogen) atoms.